The maximum atomic E-state index is 11.7. The third-order valence-corrected chi connectivity index (χ3v) is 5.71. The van der Waals surface area contributed by atoms with Gasteiger partial charge in [-0.1, -0.05) is 42.5 Å². The van der Waals surface area contributed by atoms with Crippen molar-refractivity contribution in [2.45, 2.75) is 33.0 Å². The Balaban J connectivity index is 1.21. The Labute approximate surface area is 187 Å². The molecular formula is C27H24N2O3. The fraction of sp³-hybridized carbons (Fsp3) is 0.185. The van der Waals surface area contributed by atoms with Crippen molar-refractivity contribution in [2.24, 2.45) is 0 Å². The minimum absolute atomic E-state index is 0.0622. The third kappa shape index (κ3) is 4.28. The Hall–Kier alpha value is -3.86. The van der Waals surface area contributed by atoms with Crippen molar-refractivity contribution >= 4 is 22.5 Å². The fourth-order valence-electron chi connectivity index (χ4n) is 3.93. The van der Waals surface area contributed by atoms with Crippen LogP contribution in [0, 0.1) is 6.92 Å². The number of hydrogen-bond donors (Lipinski definition) is 1. The van der Waals surface area contributed by atoms with Crippen LogP contribution < -0.4 is 14.8 Å². The second-order valence-electron chi connectivity index (χ2n) is 8.00. The van der Waals surface area contributed by atoms with E-state index in [9.17, 15) is 4.79 Å². The highest BCUT2D eigenvalue weighted by molar-refractivity contribution is 5.95. The largest absolute Gasteiger partial charge is 0.489 e. The van der Waals surface area contributed by atoms with Gasteiger partial charge in [-0.3, -0.25) is 4.79 Å². The number of carbonyl (C=O) groups excluding carboxylic acids is 1. The Morgan fingerprint density at radius 1 is 0.875 bits per heavy atom. The lowest BCUT2D eigenvalue weighted by Gasteiger charge is -2.22. The van der Waals surface area contributed by atoms with E-state index in [1.54, 1.807) is 0 Å². The summed E-state index contributed by atoms with van der Waals surface area (Å²) in [6, 6.07) is 24.0. The second kappa shape index (κ2) is 8.71. The van der Waals surface area contributed by atoms with E-state index in [0.29, 0.717) is 26.1 Å². The molecule has 1 N–H and O–H groups in total. The maximum absolute atomic E-state index is 11.7. The topological polar surface area (TPSA) is 60.5 Å². The minimum Gasteiger partial charge on any atom is -0.489 e. The Morgan fingerprint density at radius 2 is 1.72 bits per heavy atom. The van der Waals surface area contributed by atoms with E-state index in [1.807, 2.05) is 67.6 Å². The van der Waals surface area contributed by atoms with E-state index in [2.05, 4.69) is 22.4 Å². The van der Waals surface area contributed by atoms with Gasteiger partial charge in [0.2, 0.25) is 5.91 Å². The van der Waals surface area contributed by atoms with Crippen LogP contribution in [-0.2, 0) is 24.4 Å². The maximum Gasteiger partial charge on any atom is 0.224 e. The molecule has 1 aromatic heterocycles. The highest BCUT2D eigenvalue weighted by atomic mass is 16.5. The molecular weight excluding hydrogens is 400 g/mol. The number of ether oxygens (including phenoxy) is 2. The van der Waals surface area contributed by atoms with Crippen LogP contribution in [0.25, 0.3) is 10.9 Å². The number of fused-ring (bicyclic) bond motifs is 2. The first-order chi connectivity index (χ1) is 15.7. The SMILES string of the molecule is Cc1ccc(OCc2ccc(OCc3ccc4ccccc4n3)cc2)c2c1NC(=O)CC2. The molecule has 1 amide bonds. The van der Waals surface area contributed by atoms with Gasteiger partial charge in [0.1, 0.15) is 24.7 Å². The number of aromatic nitrogens is 1. The van der Waals surface area contributed by atoms with Gasteiger partial charge in [-0.25, -0.2) is 4.98 Å². The van der Waals surface area contributed by atoms with Crippen LogP contribution in [0.5, 0.6) is 11.5 Å². The normalized spacial score (nSPS) is 12.8. The van der Waals surface area contributed by atoms with Crippen LogP contribution in [0.15, 0.2) is 72.8 Å². The molecule has 3 aromatic carbocycles. The molecule has 0 fully saturated rings. The highest BCUT2D eigenvalue weighted by Gasteiger charge is 2.20. The molecule has 1 aliphatic heterocycles. The van der Waals surface area contributed by atoms with Gasteiger partial charge in [0.15, 0.2) is 0 Å². The first-order valence-electron chi connectivity index (χ1n) is 10.8. The molecule has 5 heteroatoms. The molecule has 5 rings (SSSR count). The number of nitrogens with zero attached hydrogens (tertiary/aromatic N) is 1. The van der Waals surface area contributed by atoms with Gasteiger partial charge < -0.3 is 14.8 Å². The molecule has 4 aromatic rings. The van der Waals surface area contributed by atoms with Crippen LogP contribution in [0.2, 0.25) is 0 Å². The van der Waals surface area contributed by atoms with E-state index in [4.69, 9.17) is 9.47 Å². The number of carbonyl (C=O) groups is 1. The molecule has 0 bridgehead atoms. The lowest BCUT2D eigenvalue weighted by Crippen LogP contribution is -2.20. The number of amides is 1. The second-order valence-corrected chi connectivity index (χ2v) is 8.00. The van der Waals surface area contributed by atoms with E-state index >= 15 is 0 Å². The summed E-state index contributed by atoms with van der Waals surface area (Å²) in [7, 11) is 0. The van der Waals surface area contributed by atoms with E-state index in [-0.39, 0.29) is 5.91 Å². The van der Waals surface area contributed by atoms with Crippen molar-refractivity contribution in [2.75, 3.05) is 5.32 Å². The van der Waals surface area contributed by atoms with Gasteiger partial charge in [0.05, 0.1) is 16.9 Å². The molecule has 5 nitrogen and oxygen atoms in total. The molecule has 160 valence electrons. The fourth-order valence-corrected chi connectivity index (χ4v) is 3.93. The van der Waals surface area contributed by atoms with Gasteiger partial charge in [-0.2, -0.15) is 0 Å². The van der Waals surface area contributed by atoms with Crippen molar-refractivity contribution in [3.05, 3.63) is 95.2 Å². The first-order valence-corrected chi connectivity index (χ1v) is 10.8. The molecule has 0 unspecified atom stereocenters. The van der Waals surface area contributed by atoms with E-state index in [1.165, 1.54) is 0 Å². The van der Waals surface area contributed by atoms with Crippen LogP contribution in [-0.4, -0.2) is 10.9 Å². The van der Waals surface area contributed by atoms with Crippen LogP contribution in [0.3, 0.4) is 0 Å². The zero-order chi connectivity index (χ0) is 21.9. The number of rotatable bonds is 6. The van der Waals surface area contributed by atoms with Crippen molar-refractivity contribution in [3.8, 4) is 11.5 Å². The molecule has 0 aliphatic carbocycles. The summed E-state index contributed by atoms with van der Waals surface area (Å²) in [6.07, 6.45) is 1.19. The predicted octanol–water partition coefficient (Wildman–Crippen LogP) is 5.59. The molecule has 0 radical (unpaired) electrons. The molecule has 1 aliphatic rings. The average molecular weight is 425 g/mol. The van der Waals surface area contributed by atoms with Crippen molar-refractivity contribution in [1.82, 2.24) is 4.98 Å². The molecule has 32 heavy (non-hydrogen) atoms. The molecule has 0 atom stereocenters. The third-order valence-electron chi connectivity index (χ3n) is 5.71. The summed E-state index contributed by atoms with van der Waals surface area (Å²) in [6.45, 7) is 2.87. The summed E-state index contributed by atoms with van der Waals surface area (Å²) in [5, 5.41) is 4.09. The van der Waals surface area contributed by atoms with E-state index in [0.717, 1.165) is 50.5 Å². The number of nitrogens with one attached hydrogen (secondary N) is 1. The molecule has 2 heterocycles. The number of benzene rings is 3. The smallest absolute Gasteiger partial charge is 0.224 e. The van der Waals surface area contributed by atoms with Gasteiger partial charge in [0.25, 0.3) is 0 Å². The monoisotopic (exact) mass is 424 g/mol. The number of anilines is 1. The number of hydrogen-bond acceptors (Lipinski definition) is 4. The summed E-state index contributed by atoms with van der Waals surface area (Å²) in [5.41, 5.74) is 5.95. The highest BCUT2D eigenvalue weighted by Crippen LogP contribution is 2.34. The summed E-state index contributed by atoms with van der Waals surface area (Å²) in [5.74, 6) is 1.68. The van der Waals surface area contributed by atoms with Crippen molar-refractivity contribution in [3.63, 3.8) is 0 Å². The molecule has 0 saturated carbocycles. The predicted molar refractivity (Wildman–Crippen MR) is 125 cm³/mol. The summed E-state index contributed by atoms with van der Waals surface area (Å²) >= 11 is 0. The quantitative estimate of drug-likeness (QED) is 0.439. The molecule has 0 spiro atoms. The van der Waals surface area contributed by atoms with Crippen LogP contribution in [0.1, 0.15) is 28.8 Å². The number of para-hydroxylation sites is 1. The Kier molecular flexibility index (Phi) is 5.46. The lowest BCUT2D eigenvalue weighted by atomic mass is 9.98. The molecule has 0 saturated heterocycles. The van der Waals surface area contributed by atoms with Gasteiger partial charge in [0, 0.05) is 17.4 Å². The average Bonchev–Trinajstić information content (AvgIpc) is 2.83. The van der Waals surface area contributed by atoms with Gasteiger partial charge in [-0.15, -0.1) is 0 Å². The minimum atomic E-state index is 0.0622. The number of pyridine rings is 1. The van der Waals surface area contributed by atoms with Crippen molar-refractivity contribution < 1.29 is 14.3 Å². The van der Waals surface area contributed by atoms with Crippen molar-refractivity contribution in [1.29, 1.82) is 0 Å². The lowest BCUT2D eigenvalue weighted by molar-refractivity contribution is -0.116. The zero-order valence-electron chi connectivity index (χ0n) is 17.9. The van der Waals surface area contributed by atoms with E-state index < -0.39 is 0 Å². The number of aryl methyl sites for hydroxylation is 1. The Morgan fingerprint density at radius 3 is 2.59 bits per heavy atom. The van der Waals surface area contributed by atoms with Gasteiger partial charge in [-0.05, 0) is 54.8 Å². The Bertz CT molecular complexity index is 1280. The summed E-state index contributed by atoms with van der Waals surface area (Å²) in [4.78, 5) is 16.4. The zero-order valence-corrected chi connectivity index (χ0v) is 17.9. The van der Waals surface area contributed by atoms with Crippen LogP contribution in [0.4, 0.5) is 5.69 Å². The van der Waals surface area contributed by atoms with Crippen LogP contribution >= 0.6 is 0 Å². The summed E-state index contributed by atoms with van der Waals surface area (Å²) < 4.78 is 12.0. The standard InChI is InChI=1S/C27H24N2O3/c1-18-6-14-25(23-13-15-26(30)29-27(18)23)32-16-19-7-11-22(12-8-19)31-17-21-10-9-20-4-2-3-5-24(20)28-21/h2-12,14H,13,15-17H2,1H3,(H,29,30). The first kappa shape index (κ1) is 20.1. The van der Waals surface area contributed by atoms with Gasteiger partial charge >= 0.3 is 0 Å².